The molecule has 3 N–H and O–H groups in total. The lowest BCUT2D eigenvalue weighted by Gasteiger charge is -2.42. The number of hydrogen-bond acceptors (Lipinski definition) is 6. The minimum atomic E-state index is 0.0834. The molecule has 2 aliphatic heterocycles. The van der Waals surface area contributed by atoms with Crippen LogP contribution in [-0.2, 0) is 0 Å². The van der Waals surface area contributed by atoms with E-state index in [1.807, 2.05) is 54.3 Å². The molecule has 0 aliphatic carbocycles. The van der Waals surface area contributed by atoms with E-state index in [-0.39, 0.29) is 11.9 Å². The maximum atomic E-state index is 14.0. The Bertz CT molecular complexity index is 1390. The van der Waals surface area contributed by atoms with E-state index in [1.54, 1.807) is 0 Å². The summed E-state index contributed by atoms with van der Waals surface area (Å²) in [5.41, 5.74) is 14.2. The minimum Gasteiger partial charge on any atom is -0.382 e. The highest BCUT2D eigenvalue weighted by Crippen LogP contribution is 2.32. The molecule has 3 aromatic carbocycles. The Morgan fingerprint density at radius 2 is 1.68 bits per heavy atom. The number of nitrogens with one attached hydrogen (secondary N) is 1. The highest BCUT2D eigenvalue weighted by Gasteiger charge is 2.31. The first-order chi connectivity index (χ1) is 19.4. The van der Waals surface area contributed by atoms with Crippen molar-refractivity contribution in [1.29, 1.82) is 5.26 Å². The van der Waals surface area contributed by atoms with Gasteiger partial charge in [0.15, 0.2) is 0 Å². The Balaban J connectivity index is 1.30. The molecule has 1 amide bonds. The maximum absolute atomic E-state index is 14.0. The Morgan fingerprint density at radius 3 is 2.38 bits per heavy atom. The van der Waals surface area contributed by atoms with Gasteiger partial charge < -0.3 is 25.8 Å². The topological polar surface area (TPSA) is 88.6 Å². The lowest BCUT2D eigenvalue weighted by atomic mass is 9.94. The first-order valence-corrected chi connectivity index (χ1v) is 14.3. The van der Waals surface area contributed by atoms with Gasteiger partial charge in [0.25, 0.3) is 5.91 Å². The number of aryl methyl sites for hydroxylation is 2. The standard InChI is InChI=1S/C33H40N6O/c1-23-19-24(2)32(36-27-13-15-37(16-14-27)30-12-8-7-9-26(30)20-34)25(3)31(23)33(40)38-17-18-39(29(21-35)22-38)28-10-5-4-6-11-28/h4-12,19,27,29,36H,13-18,21-22,35H2,1-3H3/t29-/m1/s1. The van der Waals surface area contributed by atoms with Crippen LogP contribution in [0, 0.1) is 32.1 Å². The van der Waals surface area contributed by atoms with Crippen LogP contribution in [0.4, 0.5) is 17.1 Å². The van der Waals surface area contributed by atoms with E-state index in [0.29, 0.717) is 25.7 Å². The van der Waals surface area contributed by atoms with Crippen molar-refractivity contribution < 1.29 is 4.79 Å². The molecular weight excluding hydrogens is 496 g/mol. The Kier molecular flexibility index (Phi) is 8.27. The average molecular weight is 537 g/mol. The number of para-hydroxylation sites is 2. The summed E-state index contributed by atoms with van der Waals surface area (Å²) in [4.78, 5) is 20.6. The number of anilines is 3. The van der Waals surface area contributed by atoms with E-state index in [1.165, 1.54) is 0 Å². The number of nitrogens with zero attached hydrogens (tertiary/aromatic N) is 4. The number of piperidine rings is 1. The number of benzene rings is 3. The fourth-order valence-corrected chi connectivity index (χ4v) is 6.41. The van der Waals surface area contributed by atoms with Gasteiger partial charge in [-0.05, 0) is 74.6 Å². The van der Waals surface area contributed by atoms with E-state index >= 15 is 0 Å². The normalized spacial score (nSPS) is 18.0. The lowest BCUT2D eigenvalue weighted by molar-refractivity contribution is 0.0722. The molecule has 0 spiro atoms. The van der Waals surface area contributed by atoms with E-state index in [9.17, 15) is 10.1 Å². The molecule has 0 unspecified atom stereocenters. The van der Waals surface area contributed by atoms with Crippen molar-refractivity contribution >= 4 is 23.0 Å². The van der Waals surface area contributed by atoms with Crippen LogP contribution in [0.15, 0.2) is 60.7 Å². The van der Waals surface area contributed by atoms with Crippen LogP contribution in [-0.4, -0.2) is 62.2 Å². The summed E-state index contributed by atoms with van der Waals surface area (Å²) in [6.45, 7) is 10.6. The van der Waals surface area contributed by atoms with Crippen molar-refractivity contribution in [3.63, 3.8) is 0 Å². The summed E-state index contributed by atoms with van der Waals surface area (Å²) in [7, 11) is 0. The number of carbonyl (C=O) groups is 1. The average Bonchev–Trinajstić information content (AvgIpc) is 2.99. The van der Waals surface area contributed by atoms with Crippen molar-refractivity contribution in [1.82, 2.24) is 4.90 Å². The maximum Gasteiger partial charge on any atom is 0.254 e. The van der Waals surface area contributed by atoms with Gasteiger partial charge in [-0.1, -0.05) is 36.4 Å². The summed E-state index contributed by atoms with van der Waals surface area (Å²) in [5.74, 6) is 0.0899. The Labute approximate surface area is 238 Å². The van der Waals surface area contributed by atoms with E-state index < -0.39 is 0 Å². The SMILES string of the molecule is Cc1cc(C)c(C(=O)N2CCN(c3ccccc3)[C@H](CN)C2)c(C)c1NC1CCN(c2ccccc2C#N)CC1. The van der Waals surface area contributed by atoms with E-state index in [0.717, 1.165) is 77.4 Å². The van der Waals surface area contributed by atoms with Crippen molar-refractivity contribution in [2.75, 3.05) is 54.4 Å². The monoisotopic (exact) mass is 536 g/mol. The number of carbonyl (C=O) groups excluding carboxylic acids is 1. The second-order valence-electron chi connectivity index (χ2n) is 11.1. The molecule has 3 aromatic rings. The molecular formula is C33H40N6O. The van der Waals surface area contributed by atoms with Crippen LogP contribution in [0.1, 0.15) is 45.5 Å². The summed E-state index contributed by atoms with van der Waals surface area (Å²) in [6.07, 6.45) is 1.94. The van der Waals surface area contributed by atoms with Gasteiger partial charge in [0, 0.05) is 62.2 Å². The molecule has 208 valence electrons. The number of rotatable bonds is 6. The smallest absolute Gasteiger partial charge is 0.254 e. The molecule has 0 aromatic heterocycles. The van der Waals surface area contributed by atoms with Crippen molar-refractivity contribution in [3.8, 4) is 6.07 Å². The first-order valence-electron chi connectivity index (χ1n) is 14.3. The molecule has 2 aliphatic rings. The molecule has 40 heavy (non-hydrogen) atoms. The van der Waals surface area contributed by atoms with Gasteiger partial charge in [0.1, 0.15) is 6.07 Å². The highest BCUT2D eigenvalue weighted by atomic mass is 16.2. The van der Waals surface area contributed by atoms with Gasteiger partial charge in [-0.15, -0.1) is 0 Å². The first kappa shape index (κ1) is 27.5. The van der Waals surface area contributed by atoms with Gasteiger partial charge in [-0.3, -0.25) is 4.79 Å². The molecule has 7 heteroatoms. The third kappa shape index (κ3) is 5.50. The van der Waals surface area contributed by atoms with Gasteiger partial charge in [0.2, 0.25) is 0 Å². The number of amides is 1. The summed E-state index contributed by atoms with van der Waals surface area (Å²) < 4.78 is 0. The number of nitriles is 1. The molecule has 0 saturated carbocycles. The Morgan fingerprint density at radius 1 is 0.975 bits per heavy atom. The molecule has 1 atom stereocenters. The fourth-order valence-electron chi connectivity index (χ4n) is 6.41. The third-order valence-corrected chi connectivity index (χ3v) is 8.52. The third-order valence-electron chi connectivity index (χ3n) is 8.52. The molecule has 2 heterocycles. The second-order valence-corrected chi connectivity index (χ2v) is 11.1. The number of hydrogen-bond donors (Lipinski definition) is 2. The van der Waals surface area contributed by atoms with Crippen LogP contribution in [0.5, 0.6) is 0 Å². The summed E-state index contributed by atoms with van der Waals surface area (Å²) >= 11 is 0. The second kappa shape index (κ2) is 12.0. The van der Waals surface area contributed by atoms with Crippen LogP contribution < -0.4 is 20.9 Å². The zero-order chi connectivity index (χ0) is 28.2. The largest absolute Gasteiger partial charge is 0.382 e. The molecule has 2 saturated heterocycles. The van der Waals surface area contributed by atoms with Crippen LogP contribution >= 0.6 is 0 Å². The van der Waals surface area contributed by atoms with E-state index in [4.69, 9.17) is 5.73 Å². The summed E-state index contributed by atoms with van der Waals surface area (Å²) in [5, 5.41) is 13.3. The molecule has 2 fully saturated rings. The Hall–Kier alpha value is -4.02. The van der Waals surface area contributed by atoms with E-state index in [2.05, 4.69) is 53.2 Å². The number of piperazine rings is 1. The quantitative estimate of drug-likeness (QED) is 0.468. The van der Waals surface area contributed by atoms with Crippen molar-refractivity contribution in [2.45, 2.75) is 45.7 Å². The lowest BCUT2D eigenvalue weighted by Crippen LogP contribution is -2.57. The van der Waals surface area contributed by atoms with Gasteiger partial charge in [-0.2, -0.15) is 5.26 Å². The molecule has 5 rings (SSSR count). The van der Waals surface area contributed by atoms with Gasteiger partial charge >= 0.3 is 0 Å². The molecule has 0 bridgehead atoms. The zero-order valence-electron chi connectivity index (χ0n) is 23.9. The number of nitrogens with two attached hydrogens (primary N) is 1. The fraction of sp³-hybridized carbons (Fsp3) is 0.394. The highest BCUT2D eigenvalue weighted by molar-refractivity contribution is 5.99. The summed E-state index contributed by atoms with van der Waals surface area (Å²) in [6, 6.07) is 23.0. The minimum absolute atomic E-state index is 0.0834. The zero-order valence-corrected chi connectivity index (χ0v) is 23.9. The predicted molar refractivity (Wildman–Crippen MR) is 163 cm³/mol. The molecule has 7 nitrogen and oxygen atoms in total. The van der Waals surface area contributed by atoms with Gasteiger partial charge in [0.05, 0.1) is 17.3 Å². The van der Waals surface area contributed by atoms with Crippen LogP contribution in [0.2, 0.25) is 0 Å². The van der Waals surface area contributed by atoms with Crippen molar-refractivity contribution in [3.05, 3.63) is 88.5 Å². The molecule has 0 radical (unpaired) electrons. The van der Waals surface area contributed by atoms with Crippen LogP contribution in [0.25, 0.3) is 0 Å². The van der Waals surface area contributed by atoms with Crippen LogP contribution in [0.3, 0.4) is 0 Å². The predicted octanol–water partition coefficient (Wildman–Crippen LogP) is 4.85. The van der Waals surface area contributed by atoms with Crippen molar-refractivity contribution in [2.24, 2.45) is 5.73 Å². The van der Waals surface area contributed by atoms with Gasteiger partial charge in [-0.25, -0.2) is 0 Å².